The number of hydrogen-bond acceptors (Lipinski definition) is 5. The predicted octanol–water partition coefficient (Wildman–Crippen LogP) is 0.952. The molecule has 0 spiro atoms. The summed E-state index contributed by atoms with van der Waals surface area (Å²) in [7, 11) is -2.97. The van der Waals surface area contributed by atoms with Crippen LogP contribution in [0.1, 0.15) is 39.9 Å². The number of hydrazone groups is 1. The standard InChI is InChI=1S/C15H19N5O3S/c1-10-13(8-17-18-15(21)14-4-3-6-16-14)11(2)20(19-10)12-5-7-24(22,23)9-12/h3-4,6,8,12,16H,5,7,9H2,1-2H3,(H,18,21)/b17-8-/t12-/m0/s1. The third-order valence-electron chi connectivity index (χ3n) is 4.14. The zero-order chi connectivity index (χ0) is 17.3. The van der Waals surface area contributed by atoms with Gasteiger partial charge in [0.2, 0.25) is 0 Å². The number of carbonyl (C=O) groups excluding carboxylic acids is 1. The summed E-state index contributed by atoms with van der Waals surface area (Å²) in [5, 5.41) is 8.42. The molecule has 24 heavy (non-hydrogen) atoms. The van der Waals surface area contributed by atoms with Crippen LogP contribution >= 0.6 is 0 Å². The van der Waals surface area contributed by atoms with Crippen LogP contribution in [0.3, 0.4) is 0 Å². The molecule has 1 amide bonds. The first-order valence-corrected chi connectivity index (χ1v) is 9.42. The first-order valence-electron chi connectivity index (χ1n) is 7.60. The van der Waals surface area contributed by atoms with Crippen molar-refractivity contribution < 1.29 is 13.2 Å². The summed E-state index contributed by atoms with van der Waals surface area (Å²) in [5.41, 5.74) is 5.24. The molecular weight excluding hydrogens is 330 g/mol. The van der Waals surface area contributed by atoms with Crippen LogP contribution in [0.4, 0.5) is 0 Å². The number of rotatable bonds is 4. The Balaban J connectivity index is 1.75. The third-order valence-corrected chi connectivity index (χ3v) is 5.89. The van der Waals surface area contributed by atoms with E-state index < -0.39 is 9.84 Å². The van der Waals surface area contributed by atoms with Crippen molar-refractivity contribution in [2.75, 3.05) is 11.5 Å². The lowest BCUT2D eigenvalue weighted by Crippen LogP contribution is -2.18. The van der Waals surface area contributed by atoms with Crippen molar-refractivity contribution >= 4 is 22.0 Å². The molecule has 0 aromatic carbocycles. The van der Waals surface area contributed by atoms with E-state index in [0.717, 1.165) is 17.0 Å². The molecule has 1 saturated heterocycles. The number of sulfone groups is 1. The molecule has 0 aliphatic carbocycles. The lowest BCUT2D eigenvalue weighted by atomic mass is 10.2. The van der Waals surface area contributed by atoms with Crippen LogP contribution in [0.15, 0.2) is 23.4 Å². The number of nitrogens with one attached hydrogen (secondary N) is 2. The molecule has 3 heterocycles. The molecule has 128 valence electrons. The highest BCUT2D eigenvalue weighted by atomic mass is 32.2. The van der Waals surface area contributed by atoms with Gasteiger partial charge in [-0.05, 0) is 32.4 Å². The lowest BCUT2D eigenvalue weighted by molar-refractivity contribution is 0.0951. The molecule has 0 unspecified atom stereocenters. The number of H-pyrrole nitrogens is 1. The van der Waals surface area contributed by atoms with E-state index in [1.54, 1.807) is 29.2 Å². The highest BCUT2D eigenvalue weighted by Gasteiger charge is 2.31. The number of aryl methyl sites for hydroxylation is 1. The van der Waals surface area contributed by atoms with E-state index in [1.165, 1.54) is 0 Å². The van der Waals surface area contributed by atoms with Gasteiger partial charge >= 0.3 is 0 Å². The van der Waals surface area contributed by atoms with Crippen molar-refractivity contribution in [3.05, 3.63) is 41.0 Å². The maximum Gasteiger partial charge on any atom is 0.287 e. The van der Waals surface area contributed by atoms with Gasteiger partial charge in [-0.3, -0.25) is 9.48 Å². The van der Waals surface area contributed by atoms with E-state index in [1.807, 2.05) is 13.8 Å². The largest absolute Gasteiger partial charge is 0.357 e. The van der Waals surface area contributed by atoms with Gasteiger partial charge in [-0.2, -0.15) is 10.2 Å². The fourth-order valence-electron chi connectivity index (χ4n) is 2.87. The minimum absolute atomic E-state index is 0.120. The van der Waals surface area contributed by atoms with Gasteiger partial charge in [-0.25, -0.2) is 13.8 Å². The summed E-state index contributed by atoms with van der Waals surface area (Å²) in [5.74, 6) is -0.0124. The highest BCUT2D eigenvalue weighted by molar-refractivity contribution is 7.91. The second kappa shape index (κ2) is 6.23. The van der Waals surface area contributed by atoms with Crippen molar-refractivity contribution in [1.82, 2.24) is 20.2 Å². The molecule has 3 rings (SSSR count). The second-order valence-corrected chi connectivity index (χ2v) is 8.10. The number of hydrogen-bond donors (Lipinski definition) is 2. The zero-order valence-corrected chi connectivity index (χ0v) is 14.3. The first-order chi connectivity index (χ1) is 11.4. The summed E-state index contributed by atoms with van der Waals surface area (Å²) in [6.45, 7) is 3.71. The minimum Gasteiger partial charge on any atom is -0.357 e. The van der Waals surface area contributed by atoms with Crippen LogP contribution in [0, 0.1) is 13.8 Å². The summed E-state index contributed by atoms with van der Waals surface area (Å²) in [6.07, 6.45) is 3.77. The third kappa shape index (κ3) is 3.25. The summed E-state index contributed by atoms with van der Waals surface area (Å²) in [6, 6.07) is 3.25. The predicted molar refractivity (Wildman–Crippen MR) is 89.9 cm³/mol. The van der Waals surface area contributed by atoms with E-state index >= 15 is 0 Å². The molecule has 9 heteroatoms. The number of carbonyl (C=O) groups is 1. The molecule has 2 aromatic rings. The van der Waals surface area contributed by atoms with Gasteiger partial charge in [0.25, 0.3) is 5.91 Å². The minimum atomic E-state index is -2.97. The smallest absolute Gasteiger partial charge is 0.287 e. The van der Waals surface area contributed by atoms with Crippen molar-refractivity contribution in [3.8, 4) is 0 Å². The molecule has 0 radical (unpaired) electrons. The highest BCUT2D eigenvalue weighted by Crippen LogP contribution is 2.26. The maximum atomic E-state index is 11.8. The van der Waals surface area contributed by atoms with E-state index in [2.05, 4.69) is 20.6 Å². The van der Waals surface area contributed by atoms with Crippen LogP contribution in [0.5, 0.6) is 0 Å². The Labute approximate surface area is 139 Å². The quantitative estimate of drug-likeness (QED) is 0.632. The molecule has 0 saturated carbocycles. The van der Waals surface area contributed by atoms with Gasteiger partial charge in [-0.15, -0.1) is 0 Å². The van der Waals surface area contributed by atoms with Crippen molar-refractivity contribution in [2.45, 2.75) is 26.3 Å². The van der Waals surface area contributed by atoms with E-state index in [4.69, 9.17) is 0 Å². The normalized spacial score (nSPS) is 19.8. The van der Waals surface area contributed by atoms with Gasteiger partial charge in [0.15, 0.2) is 9.84 Å². The van der Waals surface area contributed by atoms with Crippen LogP contribution in [-0.2, 0) is 9.84 Å². The number of amides is 1. The Bertz CT molecular complexity index is 881. The van der Waals surface area contributed by atoms with Crippen LogP contribution in [-0.4, -0.2) is 46.8 Å². The molecule has 1 fully saturated rings. The van der Waals surface area contributed by atoms with E-state index in [-0.39, 0.29) is 23.5 Å². The zero-order valence-electron chi connectivity index (χ0n) is 13.5. The average Bonchev–Trinajstić information content (AvgIpc) is 3.22. The van der Waals surface area contributed by atoms with Crippen molar-refractivity contribution in [3.63, 3.8) is 0 Å². The molecule has 1 aliphatic heterocycles. The Morgan fingerprint density at radius 3 is 2.92 bits per heavy atom. The van der Waals surface area contributed by atoms with Gasteiger partial charge in [0, 0.05) is 17.5 Å². The summed E-state index contributed by atoms with van der Waals surface area (Å²) >= 11 is 0. The average molecular weight is 349 g/mol. The Morgan fingerprint density at radius 1 is 1.50 bits per heavy atom. The van der Waals surface area contributed by atoms with Crippen molar-refractivity contribution in [2.24, 2.45) is 5.10 Å². The number of aromatic amines is 1. The lowest BCUT2D eigenvalue weighted by Gasteiger charge is -2.10. The summed E-state index contributed by atoms with van der Waals surface area (Å²) < 4.78 is 25.1. The molecule has 8 nitrogen and oxygen atoms in total. The summed E-state index contributed by atoms with van der Waals surface area (Å²) in [4.78, 5) is 14.6. The SMILES string of the molecule is Cc1nn([C@H]2CCS(=O)(=O)C2)c(C)c1/C=N\NC(=O)c1ccc[nH]1. The van der Waals surface area contributed by atoms with E-state index in [9.17, 15) is 13.2 Å². The molecule has 2 N–H and O–H groups in total. The van der Waals surface area contributed by atoms with Gasteiger partial charge in [0.05, 0.1) is 29.5 Å². The maximum absolute atomic E-state index is 11.8. The van der Waals surface area contributed by atoms with E-state index in [0.29, 0.717) is 12.1 Å². The molecule has 1 atom stereocenters. The fourth-order valence-corrected chi connectivity index (χ4v) is 4.57. The van der Waals surface area contributed by atoms with Gasteiger partial charge < -0.3 is 4.98 Å². The molecular formula is C15H19N5O3S. The monoisotopic (exact) mass is 349 g/mol. The van der Waals surface area contributed by atoms with Crippen LogP contribution < -0.4 is 5.43 Å². The molecule has 1 aliphatic rings. The molecule has 0 bridgehead atoms. The van der Waals surface area contributed by atoms with Gasteiger partial charge in [0.1, 0.15) is 5.69 Å². The van der Waals surface area contributed by atoms with Gasteiger partial charge in [-0.1, -0.05) is 0 Å². The Hall–Kier alpha value is -2.42. The van der Waals surface area contributed by atoms with Crippen LogP contribution in [0.2, 0.25) is 0 Å². The number of nitrogens with zero attached hydrogens (tertiary/aromatic N) is 3. The fraction of sp³-hybridized carbons (Fsp3) is 0.400. The second-order valence-electron chi connectivity index (χ2n) is 5.87. The van der Waals surface area contributed by atoms with Crippen LogP contribution in [0.25, 0.3) is 0 Å². The van der Waals surface area contributed by atoms with Crippen molar-refractivity contribution in [1.29, 1.82) is 0 Å². The Kier molecular flexibility index (Phi) is 4.27. The topological polar surface area (TPSA) is 109 Å². The number of aromatic nitrogens is 3. The Morgan fingerprint density at radius 2 is 2.29 bits per heavy atom. The first kappa shape index (κ1) is 16.4. The molecule has 2 aromatic heterocycles.